The fourth-order valence-corrected chi connectivity index (χ4v) is 1.29. The van der Waals surface area contributed by atoms with Crippen LogP contribution in [0.4, 0.5) is 4.79 Å². The zero-order chi connectivity index (χ0) is 11.1. The summed E-state index contributed by atoms with van der Waals surface area (Å²) in [4.78, 5) is 16.5. The molecule has 0 bridgehead atoms. The van der Waals surface area contributed by atoms with Crippen LogP contribution in [-0.4, -0.2) is 35.5 Å². The predicted octanol–water partition coefficient (Wildman–Crippen LogP) is 1.89. The molecule has 0 atom stereocenters. The number of nitrogens with zero attached hydrogens (tertiary/aromatic N) is 2. The molecule has 0 saturated carbocycles. The molecule has 1 aromatic heterocycles. The number of hydrogen-bond acceptors (Lipinski definition) is 3. The van der Waals surface area contributed by atoms with Gasteiger partial charge in [-0.25, -0.2) is 0 Å². The first-order valence-corrected chi connectivity index (χ1v) is 4.94. The van der Waals surface area contributed by atoms with E-state index >= 15 is 0 Å². The van der Waals surface area contributed by atoms with E-state index in [1.54, 1.807) is 19.5 Å². The lowest BCUT2D eigenvalue weighted by atomic mass is 10.3. The average molecular weight is 229 g/mol. The summed E-state index contributed by atoms with van der Waals surface area (Å²) in [7, 11) is 1.58. The molecule has 1 rings (SSSR count). The Bertz CT molecular complexity index is 306. The van der Waals surface area contributed by atoms with Gasteiger partial charge in [0.2, 0.25) is 0 Å². The van der Waals surface area contributed by atoms with Gasteiger partial charge in [-0.1, -0.05) is 6.07 Å². The van der Waals surface area contributed by atoms with Crippen LogP contribution in [0.2, 0.25) is 0 Å². The average Bonchev–Trinajstić information content (AvgIpc) is 2.25. The molecule has 0 aliphatic rings. The van der Waals surface area contributed by atoms with Crippen molar-refractivity contribution in [2.75, 3.05) is 20.3 Å². The Balaban J connectivity index is 2.55. The Labute approximate surface area is 93.8 Å². The van der Waals surface area contributed by atoms with Gasteiger partial charge in [0, 0.05) is 32.6 Å². The number of amides is 1. The summed E-state index contributed by atoms with van der Waals surface area (Å²) >= 11 is 5.44. The van der Waals surface area contributed by atoms with Gasteiger partial charge in [0.05, 0.1) is 6.61 Å². The molecule has 0 aliphatic heterocycles. The number of halogens is 1. The number of aromatic nitrogens is 1. The SMILES string of the molecule is COCCN(Cc1cccnc1)C(=O)Cl. The quantitative estimate of drug-likeness (QED) is 0.571. The predicted molar refractivity (Wildman–Crippen MR) is 57.8 cm³/mol. The lowest BCUT2D eigenvalue weighted by Gasteiger charge is -2.18. The van der Waals surface area contributed by atoms with Gasteiger partial charge >= 0.3 is 5.37 Å². The van der Waals surface area contributed by atoms with Crippen molar-refractivity contribution in [2.45, 2.75) is 6.54 Å². The summed E-state index contributed by atoms with van der Waals surface area (Å²) < 4.78 is 4.89. The van der Waals surface area contributed by atoms with E-state index in [0.29, 0.717) is 19.7 Å². The number of hydrogen-bond donors (Lipinski definition) is 0. The first-order chi connectivity index (χ1) is 7.24. The molecule has 0 spiro atoms. The van der Waals surface area contributed by atoms with Gasteiger partial charge in [0.1, 0.15) is 0 Å². The third kappa shape index (κ3) is 4.27. The largest absolute Gasteiger partial charge is 0.383 e. The summed E-state index contributed by atoms with van der Waals surface area (Å²) in [6.07, 6.45) is 3.39. The summed E-state index contributed by atoms with van der Waals surface area (Å²) in [6, 6.07) is 3.72. The Hall–Kier alpha value is -1.13. The summed E-state index contributed by atoms with van der Waals surface area (Å²) in [5, 5.41) is -0.476. The van der Waals surface area contributed by atoms with Crippen molar-refractivity contribution < 1.29 is 9.53 Å². The molecule has 0 N–H and O–H groups in total. The zero-order valence-electron chi connectivity index (χ0n) is 8.52. The van der Waals surface area contributed by atoms with Crippen LogP contribution in [0.5, 0.6) is 0 Å². The second-order valence-corrected chi connectivity index (χ2v) is 3.35. The van der Waals surface area contributed by atoms with Gasteiger partial charge in [-0.05, 0) is 23.2 Å². The van der Waals surface area contributed by atoms with Crippen molar-refractivity contribution in [2.24, 2.45) is 0 Å². The van der Waals surface area contributed by atoms with Crippen LogP contribution < -0.4 is 0 Å². The van der Waals surface area contributed by atoms with Gasteiger partial charge in [-0.3, -0.25) is 9.78 Å². The summed E-state index contributed by atoms with van der Waals surface area (Å²) in [6.45, 7) is 1.41. The Morgan fingerprint density at radius 2 is 2.47 bits per heavy atom. The first kappa shape index (κ1) is 11.9. The van der Waals surface area contributed by atoms with Crippen LogP contribution in [0.3, 0.4) is 0 Å². The molecular weight excluding hydrogens is 216 g/mol. The van der Waals surface area contributed by atoms with Crippen LogP contribution in [0.15, 0.2) is 24.5 Å². The van der Waals surface area contributed by atoms with Crippen LogP contribution in [0, 0.1) is 0 Å². The van der Waals surface area contributed by atoms with Crippen molar-refractivity contribution in [3.05, 3.63) is 30.1 Å². The Kier molecular flexibility index (Phi) is 5.07. The van der Waals surface area contributed by atoms with Crippen LogP contribution in [0.1, 0.15) is 5.56 Å². The van der Waals surface area contributed by atoms with Crippen LogP contribution in [0.25, 0.3) is 0 Å². The molecule has 15 heavy (non-hydrogen) atoms. The molecule has 1 amide bonds. The standard InChI is InChI=1S/C10H13ClN2O2/c1-15-6-5-13(10(11)14)8-9-3-2-4-12-7-9/h2-4,7H,5-6,8H2,1H3. The van der Waals surface area contributed by atoms with E-state index in [1.165, 1.54) is 4.90 Å². The van der Waals surface area contributed by atoms with E-state index in [-0.39, 0.29) is 0 Å². The summed E-state index contributed by atoms with van der Waals surface area (Å²) in [5.41, 5.74) is 0.947. The molecule has 0 saturated heterocycles. The number of pyridine rings is 1. The van der Waals surface area contributed by atoms with Crippen molar-refractivity contribution in [1.82, 2.24) is 9.88 Å². The Morgan fingerprint density at radius 1 is 1.67 bits per heavy atom. The fraction of sp³-hybridized carbons (Fsp3) is 0.400. The lowest BCUT2D eigenvalue weighted by Crippen LogP contribution is -2.29. The smallest absolute Gasteiger partial charge is 0.316 e. The van der Waals surface area contributed by atoms with Crippen LogP contribution >= 0.6 is 11.6 Å². The highest BCUT2D eigenvalue weighted by molar-refractivity contribution is 6.62. The molecule has 0 unspecified atom stereocenters. The molecule has 0 radical (unpaired) electrons. The zero-order valence-corrected chi connectivity index (χ0v) is 9.28. The number of carbonyl (C=O) groups is 1. The molecule has 0 aromatic carbocycles. The minimum Gasteiger partial charge on any atom is -0.383 e. The van der Waals surface area contributed by atoms with Gasteiger partial charge in [0.15, 0.2) is 0 Å². The highest BCUT2D eigenvalue weighted by Crippen LogP contribution is 2.05. The van der Waals surface area contributed by atoms with Gasteiger partial charge < -0.3 is 9.64 Å². The van der Waals surface area contributed by atoms with Gasteiger partial charge in [0.25, 0.3) is 0 Å². The van der Waals surface area contributed by atoms with E-state index in [4.69, 9.17) is 16.3 Å². The molecule has 82 valence electrons. The summed E-state index contributed by atoms with van der Waals surface area (Å²) in [5.74, 6) is 0. The van der Waals surface area contributed by atoms with E-state index < -0.39 is 5.37 Å². The number of carbonyl (C=O) groups excluding carboxylic acids is 1. The molecule has 1 aromatic rings. The molecule has 0 fully saturated rings. The highest BCUT2D eigenvalue weighted by atomic mass is 35.5. The molecule has 4 nitrogen and oxygen atoms in total. The topological polar surface area (TPSA) is 42.4 Å². The third-order valence-electron chi connectivity index (χ3n) is 1.91. The van der Waals surface area contributed by atoms with E-state index in [2.05, 4.69) is 4.98 Å². The van der Waals surface area contributed by atoms with Crippen molar-refractivity contribution in [3.8, 4) is 0 Å². The van der Waals surface area contributed by atoms with Crippen molar-refractivity contribution in [3.63, 3.8) is 0 Å². The van der Waals surface area contributed by atoms with Crippen LogP contribution in [-0.2, 0) is 11.3 Å². The third-order valence-corrected chi connectivity index (χ3v) is 2.15. The molecule has 0 aliphatic carbocycles. The maximum Gasteiger partial charge on any atom is 0.316 e. The lowest BCUT2D eigenvalue weighted by molar-refractivity contribution is 0.157. The minimum absolute atomic E-state index is 0.458. The van der Waals surface area contributed by atoms with Gasteiger partial charge in [-0.15, -0.1) is 0 Å². The van der Waals surface area contributed by atoms with Crippen molar-refractivity contribution >= 4 is 17.0 Å². The number of rotatable bonds is 5. The second-order valence-electron chi connectivity index (χ2n) is 3.03. The Morgan fingerprint density at radius 3 is 3.00 bits per heavy atom. The maximum atomic E-state index is 11.1. The van der Waals surface area contributed by atoms with E-state index in [1.807, 2.05) is 12.1 Å². The fourth-order valence-electron chi connectivity index (χ4n) is 1.14. The number of methoxy groups -OCH3 is 1. The highest BCUT2D eigenvalue weighted by Gasteiger charge is 2.10. The van der Waals surface area contributed by atoms with Crippen molar-refractivity contribution in [1.29, 1.82) is 0 Å². The molecule has 5 heteroatoms. The second kappa shape index (κ2) is 6.37. The monoisotopic (exact) mass is 228 g/mol. The molecule has 1 heterocycles. The first-order valence-electron chi connectivity index (χ1n) is 4.56. The normalized spacial score (nSPS) is 10.0. The number of ether oxygens (including phenoxy) is 1. The van der Waals surface area contributed by atoms with Gasteiger partial charge in [-0.2, -0.15) is 0 Å². The molecular formula is C10H13ClN2O2. The maximum absolute atomic E-state index is 11.1. The minimum atomic E-state index is -0.476. The van der Waals surface area contributed by atoms with E-state index in [0.717, 1.165) is 5.56 Å². The van der Waals surface area contributed by atoms with E-state index in [9.17, 15) is 4.79 Å².